The fourth-order valence-electron chi connectivity index (χ4n) is 1.31. The Morgan fingerprint density at radius 1 is 1.55 bits per heavy atom. The molecule has 0 aliphatic carbocycles. The minimum atomic E-state index is -0.546. The highest BCUT2D eigenvalue weighted by atomic mass is 32.2. The number of nitrogens with two attached hydrogens (primary N) is 1. The van der Waals surface area contributed by atoms with Crippen molar-refractivity contribution in [2.24, 2.45) is 5.73 Å². The second kappa shape index (κ2) is 6.87. The van der Waals surface area contributed by atoms with Gasteiger partial charge in [-0.3, -0.25) is 4.79 Å². The number of carbonyl (C=O) groups is 1. The number of oxazole rings is 1. The van der Waals surface area contributed by atoms with Gasteiger partial charge in [-0.05, 0) is 6.92 Å². The van der Waals surface area contributed by atoms with Crippen molar-refractivity contribution in [3.05, 3.63) is 24.0 Å². The summed E-state index contributed by atoms with van der Waals surface area (Å²) >= 11 is 2.98. The molecule has 1 amide bonds. The average molecular weight is 312 g/mol. The van der Waals surface area contributed by atoms with Crippen molar-refractivity contribution < 1.29 is 9.21 Å². The van der Waals surface area contributed by atoms with Crippen LogP contribution in [0.1, 0.15) is 25.5 Å². The predicted octanol–water partition coefficient (Wildman–Crippen LogP) is 2.27. The SMILES string of the molecule is CCc1cnc(CSc2cnc(NC(=O)[C@H](C)N)s2)o1. The van der Waals surface area contributed by atoms with Gasteiger partial charge in [0.05, 0.1) is 28.4 Å². The molecule has 20 heavy (non-hydrogen) atoms. The van der Waals surface area contributed by atoms with Crippen LogP contribution in [0.2, 0.25) is 0 Å². The number of amides is 1. The third kappa shape index (κ3) is 4.06. The number of aromatic nitrogens is 2. The molecule has 0 aromatic carbocycles. The van der Waals surface area contributed by atoms with Crippen molar-refractivity contribution >= 4 is 34.1 Å². The van der Waals surface area contributed by atoms with E-state index in [2.05, 4.69) is 15.3 Å². The van der Waals surface area contributed by atoms with Gasteiger partial charge in [0.15, 0.2) is 5.13 Å². The molecule has 1 atom stereocenters. The first-order chi connectivity index (χ1) is 9.58. The topological polar surface area (TPSA) is 94.0 Å². The molecule has 2 rings (SSSR count). The highest BCUT2D eigenvalue weighted by molar-refractivity contribution is 8.00. The van der Waals surface area contributed by atoms with Crippen molar-refractivity contribution in [2.45, 2.75) is 36.3 Å². The van der Waals surface area contributed by atoms with Crippen LogP contribution in [0.4, 0.5) is 5.13 Å². The van der Waals surface area contributed by atoms with Gasteiger partial charge in [-0.1, -0.05) is 18.3 Å². The van der Waals surface area contributed by atoms with Crippen LogP contribution in [0.15, 0.2) is 21.0 Å². The Morgan fingerprint density at radius 2 is 2.35 bits per heavy atom. The summed E-state index contributed by atoms with van der Waals surface area (Å²) in [5, 5.41) is 3.22. The Morgan fingerprint density at radius 3 is 3.00 bits per heavy atom. The molecule has 0 aliphatic rings. The maximum atomic E-state index is 11.4. The smallest absolute Gasteiger partial charge is 0.242 e. The van der Waals surface area contributed by atoms with Gasteiger partial charge in [-0.2, -0.15) is 0 Å². The van der Waals surface area contributed by atoms with Crippen LogP contribution in [0.5, 0.6) is 0 Å². The average Bonchev–Trinajstić information content (AvgIpc) is 3.04. The molecule has 0 unspecified atom stereocenters. The fourth-order valence-corrected chi connectivity index (χ4v) is 3.04. The fraction of sp³-hybridized carbons (Fsp3) is 0.417. The molecule has 2 aromatic rings. The lowest BCUT2D eigenvalue weighted by Gasteiger charge is -2.03. The maximum absolute atomic E-state index is 11.4. The third-order valence-electron chi connectivity index (χ3n) is 2.42. The Labute approximate surface area is 125 Å². The lowest BCUT2D eigenvalue weighted by Crippen LogP contribution is -2.32. The van der Waals surface area contributed by atoms with E-state index in [1.54, 1.807) is 31.1 Å². The van der Waals surface area contributed by atoms with E-state index in [1.165, 1.54) is 11.3 Å². The lowest BCUT2D eigenvalue weighted by molar-refractivity contribution is -0.117. The maximum Gasteiger partial charge on any atom is 0.242 e. The summed E-state index contributed by atoms with van der Waals surface area (Å²) < 4.78 is 6.51. The molecule has 0 saturated heterocycles. The van der Waals surface area contributed by atoms with Crippen molar-refractivity contribution in [1.29, 1.82) is 0 Å². The molecular weight excluding hydrogens is 296 g/mol. The third-order valence-corrected chi connectivity index (χ3v) is 4.51. The van der Waals surface area contributed by atoms with E-state index in [-0.39, 0.29) is 5.91 Å². The van der Waals surface area contributed by atoms with Gasteiger partial charge in [-0.25, -0.2) is 9.97 Å². The predicted molar refractivity (Wildman–Crippen MR) is 79.8 cm³/mol. The van der Waals surface area contributed by atoms with Gasteiger partial charge in [-0.15, -0.1) is 11.8 Å². The second-order valence-corrected chi connectivity index (χ2v) is 6.43. The summed E-state index contributed by atoms with van der Waals surface area (Å²) in [6, 6.07) is -0.546. The van der Waals surface area contributed by atoms with Crippen molar-refractivity contribution in [2.75, 3.05) is 5.32 Å². The summed E-state index contributed by atoms with van der Waals surface area (Å²) in [5.74, 6) is 1.98. The van der Waals surface area contributed by atoms with Gasteiger partial charge in [0.2, 0.25) is 11.8 Å². The Kier molecular flexibility index (Phi) is 5.16. The number of rotatable bonds is 6. The van der Waals surface area contributed by atoms with E-state index < -0.39 is 6.04 Å². The van der Waals surface area contributed by atoms with E-state index in [9.17, 15) is 4.79 Å². The normalized spacial score (nSPS) is 12.3. The molecule has 108 valence electrons. The summed E-state index contributed by atoms with van der Waals surface area (Å²) in [4.78, 5) is 19.8. The number of nitrogens with one attached hydrogen (secondary N) is 1. The van der Waals surface area contributed by atoms with Gasteiger partial charge in [0.25, 0.3) is 0 Å². The molecule has 0 aliphatic heterocycles. The van der Waals surface area contributed by atoms with Crippen LogP contribution in [0, 0.1) is 0 Å². The van der Waals surface area contributed by atoms with E-state index in [0.29, 0.717) is 16.8 Å². The van der Waals surface area contributed by atoms with E-state index in [1.807, 2.05) is 6.92 Å². The minimum absolute atomic E-state index is 0.240. The zero-order valence-corrected chi connectivity index (χ0v) is 12.9. The zero-order valence-electron chi connectivity index (χ0n) is 11.3. The van der Waals surface area contributed by atoms with Crippen LogP contribution < -0.4 is 11.1 Å². The standard InChI is InChI=1S/C12H16N4O2S2/c1-3-8-4-14-9(18-8)6-19-10-5-15-12(20-10)16-11(17)7(2)13/h4-5,7H,3,6,13H2,1-2H3,(H,15,16,17)/t7-/m0/s1. The number of aryl methyl sites for hydroxylation is 1. The largest absolute Gasteiger partial charge is 0.445 e. The number of anilines is 1. The Balaban J connectivity index is 1.88. The van der Waals surface area contributed by atoms with Crippen LogP contribution in [-0.4, -0.2) is 21.9 Å². The van der Waals surface area contributed by atoms with Gasteiger partial charge in [0.1, 0.15) is 5.76 Å². The molecule has 8 heteroatoms. The van der Waals surface area contributed by atoms with Crippen LogP contribution in [0.3, 0.4) is 0 Å². The van der Waals surface area contributed by atoms with Crippen molar-refractivity contribution in [3.63, 3.8) is 0 Å². The van der Waals surface area contributed by atoms with Crippen molar-refractivity contribution in [3.8, 4) is 0 Å². The number of thiazole rings is 1. The molecule has 3 N–H and O–H groups in total. The van der Waals surface area contributed by atoms with E-state index >= 15 is 0 Å². The molecule has 0 radical (unpaired) electrons. The van der Waals surface area contributed by atoms with Crippen LogP contribution in [0.25, 0.3) is 0 Å². The molecule has 2 heterocycles. The zero-order chi connectivity index (χ0) is 14.5. The monoisotopic (exact) mass is 312 g/mol. The lowest BCUT2D eigenvalue weighted by atomic mass is 10.3. The second-order valence-electron chi connectivity index (χ2n) is 4.12. The summed E-state index contributed by atoms with van der Waals surface area (Å²) in [5.41, 5.74) is 5.48. The summed E-state index contributed by atoms with van der Waals surface area (Å²) in [6.45, 7) is 3.65. The highest BCUT2D eigenvalue weighted by Crippen LogP contribution is 2.30. The quantitative estimate of drug-likeness (QED) is 0.795. The number of nitrogens with zero attached hydrogens (tertiary/aromatic N) is 2. The van der Waals surface area contributed by atoms with Gasteiger partial charge in [0, 0.05) is 6.42 Å². The molecule has 0 saturated carbocycles. The first-order valence-electron chi connectivity index (χ1n) is 6.17. The Bertz CT molecular complexity index is 580. The summed E-state index contributed by atoms with van der Waals surface area (Å²) in [7, 11) is 0. The van der Waals surface area contributed by atoms with Gasteiger partial charge >= 0.3 is 0 Å². The highest BCUT2D eigenvalue weighted by Gasteiger charge is 2.11. The molecule has 6 nitrogen and oxygen atoms in total. The molecule has 0 spiro atoms. The number of hydrogen-bond acceptors (Lipinski definition) is 7. The van der Waals surface area contributed by atoms with Gasteiger partial charge < -0.3 is 15.5 Å². The minimum Gasteiger partial charge on any atom is -0.445 e. The number of hydrogen-bond donors (Lipinski definition) is 2. The molecule has 0 bridgehead atoms. The van der Waals surface area contributed by atoms with Crippen LogP contribution >= 0.6 is 23.1 Å². The Hall–Kier alpha value is -1.38. The molecule has 2 aromatic heterocycles. The van der Waals surface area contributed by atoms with E-state index in [4.69, 9.17) is 10.2 Å². The van der Waals surface area contributed by atoms with E-state index in [0.717, 1.165) is 16.4 Å². The number of carbonyl (C=O) groups excluding carboxylic acids is 1. The summed E-state index contributed by atoms with van der Waals surface area (Å²) in [6.07, 6.45) is 4.30. The number of thioether (sulfide) groups is 1. The molecular formula is C12H16N4O2S2. The molecule has 0 fully saturated rings. The van der Waals surface area contributed by atoms with Crippen molar-refractivity contribution in [1.82, 2.24) is 9.97 Å². The van der Waals surface area contributed by atoms with Crippen LogP contribution in [-0.2, 0) is 17.0 Å². The first-order valence-corrected chi connectivity index (χ1v) is 7.97. The first kappa shape index (κ1) is 15.0.